The average molecular weight is 208 g/mol. The van der Waals surface area contributed by atoms with E-state index in [1.165, 1.54) is 0 Å². The van der Waals surface area contributed by atoms with Gasteiger partial charge in [0.25, 0.3) is 0 Å². The molecular formula is C6H12N2O4S. The predicted molar refractivity (Wildman–Crippen MR) is 45.1 cm³/mol. The van der Waals surface area contributed by atoms with E-state index in [1.54, 1.807) is 0 Å². The van der Waals surface area contributed by atoms with Crippen molar-refractivity contribution < 1.29 is 18.3 Å². The summed E-state index contributed by atoms with van der Waals surface area (Å²) in [6.45, 7) is 0. The van der Waals surface area contributed by atoms with Crippen molar-refractivity contribution in [1.29, 1.82) is 0 Å². The lowest BCUT2D eigenvalue weighted by atomic mass is 10.0. The molecule has 1 saturated heterocycles. The third-order valence-electron chi connectivity index (χ3n) is 2.05. The minimum Gasteiger partial charge on any atom is -0.392 e. The van der Waals surface area contributed by atoms with Crippen LogP contribution in [0.1, 0.15) is 6.42 Å². The standard InChI is InChI=1S/C6H12N2O4S/c7-8-6(10)1-4-2-13(11,12)3-5(4)9/h4-5,9H,1-3,7H2,(H,8,10)/t4-,5-/m0/s1. The highest BCUT2D eigenvalue weighted by Crippen LogP contribution is 2.21. The molecule has 0 aromatic heterocycles. The van der Waals surface area contributed by atoms with Crippen LogP contribution in [0.4, 0.5) is 0 Å². The van der Waals surface area contributed by atoms with Crippen molar-refractivity contribution in [2.24, 2.45) is 11.8 Å². The highest BCUT2D eigenvalue weighted by molar-refractivity contribution is 7.91. The summed E-state index contributed by atoms with van der Waals surface area (Å²) < 4.78 is 22.0. The van der Waals surface area contributed by atoms with E-state index >= 15 is 0 Å². The number of hydrogen-bond donors (Lipinski definition) is 3. The van der Waals surface area contributed by atoms with Gasteiger partial charge in [0.2, 0.25) is 5.91 Å². The molecule has 1 heterocycles. The Morgan fingerprint density at radius 2 is 2.15 bits per heavy atom. The second-order valence-electron chi connectivity index (χ2n) is 3.18. The minimum absolute atomic E-state index is 0.0447. The molecule has 7 heteroatoms. The Labute approximate surface area is 76.0 Å². The summed E-state index contributed by atoms with van der Waals surface area (Å²) in [5, 5.41) is 9.27. The summed E-state index contributed by atoms with van der Waals surface area (Å²) >= 11 is 0. The van der Waals surface area contributed by atoms with Gasteiger partial charge in [-0.05, 0) is 0 Å². The molecule has 0 saturated carbocycles. The van der Waals surface area contributed by atoms with E-state index in [0.29, 0.717) is 0 Å². The van der Waals surface area contributed by atoms with Gasteiger partial charge in [-0.3, -0.25) is 10.2 Å². The molecule has 1 amide bonds. The van der Waals surface area contributed by atoms with Crippen LogP contribution in [0.5, 0.6) is 0 Å². The molecule has 0 unspecified atom stereocenters. The van der Waals surface area contributed by atoms with E-state index < -0.39 is 27.8 Å². The largest absolute Gasteiger partial charge is 0.392 e. The molecule has 0 aliphatic carbocycles. The van der Waals surface area contributed by atoms with Crippen LogP contribution >= 0.6 is 0 Å². The van der Waals surface area contributed by atoms with Crippen LogP contribution in [-0.2, 0) is 14.6 Å². The van der Waals surface area contributed by atoms with Crippen molar-refractivity contribution >= 4 is 15.7 Å². The number of amides is 1. The Morgan fingerprint density at radius 3 is 2.54 bits per heavy atom. The lowest BCUT2D eigenvalue weighted by Crippen LogP contribution is -2.33. The molecule has 0 bridgehead atoms. The molecule has 0 spiro atoms. The van der Waals surface area contributed by atoms with Gasteiger partial charge in [-0.1, -0.05) is 0 Å². The normalized spacial score (nSPS) is 31.5. The summed E-state index contributed by atoms with van der Waals surface area (Å²) in [6, 6.07) is 0. The number of carbonyl (C=O) groups excluding carboxylic acids is 1. The van der Waals surface area contributed by atoms with Gasteiger partial charge in [-0.15, -0.1) is 0 Å². The van der Waals surface area contributed by atoms with E-state index in [9.17, 15) is 18.3 Å². The smallest absolute Gasteiger partial charge is 0.234 e. The van der Waals surface area contributed by atoms with Gasteiger partial charge in [-0.2, -0.15) is 0 Å². The van der Waals surface area contributed by atoms with Crippen molar-refractivity contribution in [2.45, 2.75) is 12.5 Å². The second-order valence-corrected chi connectivity index (χ2v) is 5.33. The second kappa shape index (κ2) is 3.60. The van der Waals surface area contributed by atoms with E-state index in [4.69, 9.17) is 5.84 Å². The molecule has 1 aliphatic heterocycles. The van der Waals surface area contributed by atoms with Crippen molar-refractivity contribution in [3.05, 3.63) is 0 Å². The van der Waals surface area contributed by atoms with Gasteiger partial charge in [-0.25, -0.2) is 14.3 Å². The summed E-state index contributed by atoms with van der Waals surface area (Å²) in [5.74, 6) is 3.46. The zero-order valence-electron chi connectivity index (χ0n) is 6.93. The first-order valence-electron chi connectivity index (χ1n) is 3.82. The van der Waals surface area contributed by atoms with Crippen molar-refractivity contribution in [2.75, 3.05) is 11.5 Å². The topological polar surface area (TPSA) is 109 Å². The fraction of sp³-hybridized carbons (Fsp3) is 0.833. The van der Waals surface area contributed by atoms with Gasteiger partial charge >= 0.3 is 0 Å². The summed E-state index contributed by atoms with van der Waals surface area (Å²) in [4.78, 5) is 10.8. The molecular weight excluding hydrogens is 196 g/mol. The molecule has 13 heavy (non-hydrogen) atoms. The Balaban J connectivity index is 2.59. The summed E-state index contributed by atoms with van der Waals surface area (Å²) in [7, 11) is -3.17. The van der Waals surface area contributed by atoms with Gasteiger partial charge in [0.1, 0.15) is 0 Å². The van der Waals surface area contributed by atoms with Crippen LogP contribution < -0.4 is 11.3 Å². The summed E-state index contributed by atoms with van der Waals surface area (Å²) in [6.07, 6.45) is -0.987. The first-order chi connectivity index (χ1) is 5.94. The van der Waals surface area contributed by atoms with Crippen LogP contribution in [0, 0.1) is 5.92 Å². The van der Waals surface area contributed by atoms with Crippen molar-refractivity contribution in [3.8, 4) is 0 Å². The van der Waals surface area contributed by atoms with Gasteiger partial charge in [0.15, 0.2) is 9.84 Å². The maximum Gasteiger partial charge on any atom is 0.234 e. The monoisotopic (exact) mass is 208 g/mol. The zero-order valence-corrected chi connectivity index (χ0v) is 7.75. The first-order valence-corrected chi connectivity index (χ1v) is 5.64. The van der Waals surface area contributed by atoms with Gasteiger partial charge in [0, 0.05) is 12.3 Å². The van der Waals surface area contributed by atoms with E-state index in [1.807, 2.05) is 5.43 Å². The average Bonchev–Trinajstić information content (AvgIpc) is 2.24. The van der Waals surface area contributed by atoms with Crippen molar-refractivity contribution in [3.63, 3.8) is 0 Å². The number of aliphatic hydroxyl groups excluding tert-OH is 1. The zero-order chi connectivity index (χ0) is 10.1. The van der Waals surface area contributed by atoms with E-state index in [2.05, 4.69) is 0 Å². The Bertz CT molecular complexity index is 300. The number of nitrogens with two attached hydrogens (primary N) is 1. The number of carbonyl (C=O) groups is 1. The fourth-order valence-corrected chi connectivity index (χ4v) is 3.31. The van der Waals surface area contributed by atoms with E-state index in [-0.39, 0.29) is 17.9 Å². The van der Waals surface area contributed by atoms with Gasteiger partial charge < -0.3 is 5.11 Å². The SMILES string of the molecule is NNC(=O)C[C@H]1CS(=O)(=O)C[C@@H]1O. The Hall–Kier alpha value is -0.660. The van der Waals surface area contributed by atoms with Crippen LogP contribution in [0.25, 0.3) is 0 Å². The quantitative estimate of drug-likeness (QED) is 0.270. The lowest BCUT2D eigenvalue weighted by molar-refractivity contribution is -0.122. The van der Waals surface area contributed by atoms with Crippen LogP contribution in [0.3, 0.4) is 0 Å². The lowest BCUT2D eigenvalue weighted by Gasteiger charge is -2.10. The molecule has 76 valence electrons. The maximum absolute atomic E-state index is 11.0. The summed E-state index contributed by atoms with van der Waals surface area (Å²) in [5.41, 5.74) is 1.89. The predicted octanol–water partition coefficient (Wildman–Crippen LogP) is -2.23. The molecule has 2 atom stereocenters. The third kappa shape index (κ3) is 2.64. The van der Waals surface area contributed by atoms with Crippen molar-refractivity contribution in [1.82, 2.24) is 5.43 Å². The van der Waals surface area contributed by atoms with Gasteiger partial charge in [0.05, 0.1) is 17.6 Å². The fourth-order valence-electron chi connectivity index (χ4n) is 1.39. The van der Waals surface area contributed by atoms with Crippen LogP contribution in [0.2, 0.25) is 0 Å². The molecule has 1 aliphatic rings. The number of hydrogen-bond acceptors (Lipinski definition) is 5. The number of nitrogens with one attached hydrogen (secondary N) is 1. The van der Waals surface area contributed by atoms with Crippen LogP contribution in [-0.4, -0.2) is 37.0 Å². The number of sulfone groups is 1. The Morgan fingerprint density at radius 1 is 1.54 bits per heavy atom. The number of rotatable bonds is 2. The molecule has 1 fully saturated rings. The molecule has 0 aromatic rings. The molecule has 0 aromatic carbocycles. The molecule has 6 nitrogen and oxygen atoms in total. The molecule has 0 radical (unpaired) electrons. The maximum atomic E-state index is 11.0. The number of aliphatic hydroxyl groups is 1. The Kier molecular flexibility index (Phi) is 2.89. The number of hydrazine groups is 1. The molecule has 1 rings (SSSR count). The van der Waals surface area contributed by atoms with E-state index in [0.717, 1.165) is 0 Å². The highest BCUT2D eigenvalue weighted by Gasteiger charge is 2.37. The molecule has 4 N–H and O–H groups in total. The van der Waals surface area contributed by atoms with Crippen LogP contribution in [0.15, 0.2) is 0 Å². The highest BCUT2D eigenvalue weighted by atomic mass is 32.2. The first kappa shape index (κ1) is 10.4. The third-order valence-corrected chi connectivity index (χ3v) is 3.83. The minimum atomic E-state index is -3.17.